The Labute approximate surface area is 178 Å². The van der Waals surface area contributed by atoms with Crippen molar-refractivity contribution >= 4 is 17.8 Å². The zero-order chi connectivity index (χ0) is 22.6. The van der Waals surface area contributed by atoms with Crippen LogP contribution in [-0.4, -0.2) is 57.6 Å². The summed E-state index contributed by atoms with van der Waals surface area (Å²) in [4.78, 5) is 6.65. The second kappa shape index (κ2) is 7.47. The van der Waals surface area contributed by atoms with Gasteiger partial charge < -0.3 is 15.1 Å². The predicted octanol–water partition coefficient (Wildman–Crippen LogP) is 3.49. The van der Waals surface area contributed by atoms with Gasteiger partial charge in [0.15, 0.2) is 5.84 Å². The van der Waals surface area contributed by atoms with E-state index in [9.17, 15) is 23.4 Å². The number of rotatable bonds is 1. The molecule has 1 aromatic rings. The molecule has 1 aromatic carbocycles. The predicted molar refractivity (Wildman–Crippen MR) is 113 cm³/mol. The molecule has 0 saturated carbocycles. The van der Waals surface area contributed by atoms with Crippen LogP contribution in [0.15, 0.2) is 45.5 Å². The Kier molecular flexibility index (Phi) is 5.20. The highest BCUT2D eigenvalue weighted by Crippen LogP contribution is 2.37. The van der Waals surface area contributed by atoms with Gasteiger partial charge in [-0.25, -0.2) is 0 Å². The van der Waals surface area contributed by atoms with Gasteiger partial charge in [0, 0.05) is 36.7 Å². The molecular weight excluding hydrogens is 409 g/mol. The van der Waals surface area contributed by atoms with Crippen LogP contribution in [0.2, 0.25) is 0 Å². The summed E-state index contributed by atoms with van der Waals surface area (Å²) < 4.78 is 38.9. The molecule has 0 aromatic heterocycles. The number of hydrogen-bond donors (Lipinski definition) is 2. The van der Waals surface area contributed by atoms with E-state index in [1.807, 2.05) is 26.8 Å². The van der Waals surface area contributed by atoms with E-state index < -0.39 is 29.1 Å². The van der Waals surface area contributed by atoms with Crippen molar-refractivity contribution in [2.45, 2.75) is 38.6 Å². The Hall–Kier alpha value is -2.68. The molecule has 0 bridgehead atoms. The van der Waals surface area contributed by atoms with Gasteiger partial charge in [-0.3, -0.25) is 4.99 Å². The summed E-state index contributed by atoms with van der Waals surface area (Å²) in [5, 5.41) is 29.7. The van der Waals surface area contributed by atoms with E-state index in [2.05, 4.69) is 20.1 Å². The van der Waals surface area contributed by atoms with E-state index in [0.29, 0.717) is 30.7 Å². The van der Waals surface area contributed by atoms with Crippen LogP contribution in [0.1, 0.15) is 31.9 Å². The maximum Gasteiger partial charge on any atom is 0.416 e. The zero-order valence-electron chi connectivity index (χ0n) is 17.5. The van der Waals surface area contributed by atoms with Crippen LogP contribution < -0.4 is 0 Å². The molecule has 3 aliphatic heterocycles. The normalized spacial score (nSPS) is 33.1. The first kappa shape index (κ1) is 21.5. The van der Waals surface area contributed by atoms with Crippen molar-refractivity contribution in [3.05, 3.63) is 41.5 Å². The molecule has 0 spiro atoms. The largest absolute Gasteiger partial charge is 0.507 e. The molecule has 4 atom stereocenters. The molecule has 0 radical (unpaired) electrons. The highest BCUT2D eigenvalue weighted by molar-refractivity contribution is 6.11. The number of hydrogen-bond acceptors (Lipinski definition) is 6. The minimum absolute atomic E-state index is 0.00449. The minimum atomic E-state index is -4.55. The molecule has 3 aliphatic rings. The third-order valence-electron chi connectivity index (χ3n) is 6.74. The van der Waals surface area contributed by atoms with E-state index in [1.54, 1.807) is 12.3 Å². The fourth-order valence-corrected chi connectivity index (χ4v) is 4.40. The zero-order valence-corrected chi connectivity index (χ0v) is 17.5. The summed E-state index contributed by atoms with van der Waals surface area (Å²) in [7, 11) is 0. The fourth-order valence-electron chi connectivity index (χ4n) is 4.40. The number of alkyl halides is 3. The fraction of sp³-hybridized carbons (Fsp3) is 0.500. The molecule has 9 heteroatoms. The Morgan fingerprint density at radius 1 is 1.13 bits per heavy atom. The summed E-state index contributed by atoms with van der Waals surface area (Å²) in [6.07, 6.45) is 0.748. The Morgan fingerprint density at radius 3 is 2.42 bits per heavy atom. The van der Waals surface area contributed by atoms with Gasteiger partial charge >= 0.3 is 6.18 Å². The number of nitrogens with zero attached hydrogens (tertiary/aromatic N) is 4. The smallest absolute Gasteiger partial charge is 0.416 e. The number of aliphatic imine (C=N–C) groups is 1. The molecule has 4 unspecified atom stereocenters. The molecule has 6 nitrogen and oxygen atoms in total. The molecule has 0 amide bonds. The lowest BCUT2D eigenvalue weighted by Gasteiger charge is -2.48. The molecule has 4 rings (SSSR count). The van der Waals surface area contributed by atoms with Crippen molar-refractivity contribution in [2.24, 2.45) is 32.9 Å². The molecule has 3 heterocycles. The quantitative estimate of drug-likeness (QED) is 0.710. The lowest BCUT2D eigenvalue weighted by molar-refractivity contribution is -0.137. The van der Waals surface area contributed by atoms with Gasteiger partial charge in [-0.15, -0.1) is 5.10 Å². The Balaban J connectivity index is 1.71. The van der Waals surface area contributed by atoms with E-state index in [1.165, 1.54) is 6.07 Å². The number of aliphatic hydroxyl groups is 1. The molecule has 1 saturated heterocycles. The van der Waals surface area contributed by atoms with E-state index in [-0.39, 0.29) is 23.3 Å². The molecule has 31 heavy (non-hydrogen) atoms. The van der Waals surface area contributed by atoms with Crippen molar-refractivity contribution in [1.29, 1.82) is 0 Å². The summed E-state index contributed by atoms with van der Waals surface area (Å²) >= 11 is 0. The van der Waals surface area contributed by atoms with Crippen LogP contribution in [0.3, 0.4) is 0 Å². The van der Waals surface area contributed by atoms with Crippen LogP contribution in [0.4, 0.5) is 13.2 Å². The summed E-state index contributed by atoms with van der Waals surface area (Å²) in [6.45, 7) is 7.01. The third kappa shape index (κ3) is 3.75. The van der Waals surface area contributed by atoms with Crippen molar-refractivity contribution in [2.75, 3.05) is 13.1 Å². The van der Waals surface area contributed by atoms with Gasteiger partial charge in [0.2, 0.25) is 0 Å². The van der Waals surface area contributed by atoms with Crippen LogP contribution in [0.25, 0.3) is 0 Å². The summed E-state index contributed by atoms with van der Waals surface area (Å²) in [5.74, 6) is -0.192. The first-order chi connectivity index (χ1) is 14.5. The van der Waals surface area contributed by atoms with Gasteiger partial charge in [-0.05, 0) is 31.2 Å². The number of fused-ring (bicyclic) bond motifs is 1. The lowest BCUT2D eigenvalue weighted by Crippen LogP contribution is -2.58. The number of halogens is 3. The highest BCUT2D eigenvalue weighted by atomic mass is 19.4. The van der Waals surface area contributed by atoms with E-state index in [4.69, 9.17) is 0 Å². The SMILES string of the molecule is CC1CN(C2=NN=C(c3ccc(C(F)(F)F)cc3O)C3C=CC=NC23)CC(C)C1(C)O. The molecule has 2 N–H and O–H groups in total. The van der Waals surface area contributed by atoms with Gasteiger partial charge in [-0.2, -0.15) is 18.3 Å². The molecule has 0 aliphatic carbocycles. The average molecular weight is 434 g/mol. The minimum Gasteiger partial charge on any atom is -0.507 e. The highest BCUT2D eigenvalue weighted by Gasteiger charge is 2.45. The number of likely N-dealkylation sites (tertiary alicyclic amines) is 1. The van der Waals surface area contributed by atoms with Crippen LogP contribution in [0, 0.1) is 17.8 Å². The van der Waals surface area contributed by atoms with Crippen molar-refractivity contribution in [3.63, 3.8) is 0 Å². The number of phenols is 1. The molecule has 166 valence electrons. The first-order valence-corrected chi connectivity index (χ1v) is 10.2. The first-order valence-electron chi connectivity index (χ1n) is 10.2. The second-order valence-electron chi connectivity index (χ2n) is 8.76. The van der Waals surface area contributed by atoms with Crippen LogP contribution in [-0.2, 0) is 6.18 Å². The number of benzene rings is 1. The number of aromatic hydroxyl groups is 1. The topological polar surface area (TPSA) is 80.8 Å². The van der Waals surface area contributed by atoms with Gasteiger partial charge in [0.05, 0.1) is 22.8 Å². The monoisotopic (exact) mass is 434 g/mol. The number of piperidine rings is 1. The lowest BCUT2D eigenvalue weighted by atomic mass is 9.76. The van der Waals surface area contributed by atoms with E-state index in [0.717, 1.165) is 6.07 Å². The molecule has 1 fully saturated rings. The van der Waals surface area contributed by atoms with Crippen molar-refractivity contribution < 1.29 is 23.4 Å². The van der Waals surface area contributed by atoms with Gasteiger partial charge in [0.1, 0.15) is 11.8 Å². The Bertz CT molecular complexity index is 983. The molecular formula is C22H25F3N4O2. The number of amidine groups is 1. The van der Waals surface area contributed by atoms with Gasteiger partial charge in [0.25, 0.3) is 0 Å². The van der Waals surface area contributed by atoms with Crippen LogP contribution in [0.5, 0.6) is 5.75 Å². The van der Waals surface area contributed by atoms with Crippen molar-refractivity contribution in [3.8, 4) is 5.75 Å². The Morgan fingerprint density at radius 2 is 1.81 bits per heavy atom. The second-order valence-corrected chi connectivity index (χ2v) is 8.76. The summed E-state index contributed by atoms with van der Waals surface area (Å²) in [5.41, 5.74) is -1.14. The third-order valence-corrected chi connectivity index (χ3v) is 6.74. The number of dihydropyridines is 1. The number of phenolic OH excluding ortho intramolecular Hbond substituents is 1. The maximum atomic E-state index is 13.0. The summed E-state index contributed by atoms with van der Waals surface area (Å²) in [6, 6.07) is 2.46. The van der Waals surface area contributed by atoms with E-state index >= 15 is 0 Å². The average Bonchev–Trinajstić information content (AvgIpc) is 2.71. The standard InChI is InChI=1S/C22H25F3N4O2/c1-12-10-29(11-13(2)21(12,3)31)20-19-16(5-4-8-26-19)18(27-28-20)15-7-6-14(9-17(15)30)22(23,24)25/h4-9,12-13,16,19,30-31H,10-11H2,1-3H3. The maximum absolute atomic E-state index is 13.0. The van der Waals surface area contributed by atoms with Gasteiger partial charge in [-0.1, -0.05) is 19.9 Å². The van der Waals surface area contributed by atoms with Crippen LogP contribution >= 0.6 is 0 Å². The number of allylic oxidation sites excluding steroid dienone is 1. The van der Waals surface area contributed by atoms with Crippen molar-refractivity contribution in [1.82, 2.24) is 4.90 Å².